The first-order valence-corrected chi connectivity index (χ1v) is 14.7. The fourth-order valence-corrected chi connectivity index (χ4v) is 5.27. The van der Waals surface area contributed by atoms with E-state index in [0.29, 0.717) is 28.4 Å². The number of nitrogens with one attached hydrogen (secondary N) is 1. The summed E-state index contributed by atoms with van der Waals surface area (Å²) >= 11 is 6.45. The highest BCUT2D eigenvalue weighted by Gasteiger charge is 2.33. The molecule has 2 amide bonds. The minimum Gasteiger partial charge on any atom is -0.354 e. The van der Waals surface area contributed by atoms with E-state index in [-0.39, 0.29) is 18.9 Å². The third-order valence-electron chi connectivity index (χ3n) is 6.18. The molecule has 0 heterocycles. The highest BCUT2D eigenvalue weighted by molar-refractivity contribution is 7.92. The molecular formula is C29H34ClN3O4S. The number of aryl methyl sites for hydroxylation is 1. The first kappa shape index (κ1) is 29.2. The van der Waals surface area contributed by atoms with Crippen LogP contribution in [-0.2, 0) is 32.6 Å². The smallest absolute Gasteiger partial charge is 0.244 e. The summed E-state index contributed by atoms with van der Waals surface area (Å²) in [6, 6.07) is 22.6. The minimum atomic E-state index is -3.81. The molecule has 1 N–H and O–H groups in total. The molecule has 0 saturated carbocycles. The van der Waals surface area contributed by atoms with Crippen molar-refractivity contribution in [2.45, 2.75) is 39.3 Å². The Bertz CT molecular complexity index is 1350. The summed E-state index contributed by atoms with van der Waals surface area (Å²) in [6.07, 6.45) is 2.06. The molecular weight excluding hydrogens is 522 g/mol. The summed E-state index contributed by atoms with van der Waals surface area (Å²) in [6.45, 7) is 3.78. The van der Waals surface area contributed by atoms with Crippen LogP contribution in [0.25, 0.3) is 0 Å². The highest BCUT2D eigenvalue weighted by atomic mass is 35.5. The van der Waals surface area contributed by atoms with E-state index >= 15 is 0 Å². The van der Waals surface area contributed by atoms with Crippen molar-refractivity contribution >= 4 is 39.1 Å². The standard InChI is InChI=1S/C29H34ClN3O4S/c1-4-18-31-29(35)27(19-23-13-6-5-7-14-23)32(20-24-15-9-10-16-25(24)30)28(34)21-33(38(3,36)37)26-17-11-8-12-22(26)2/h5-17,27H,4,18-21H2,1-3H3,(H,31,35)/t27-/m1/s1. The number of para-hydroxylation sites is 1. The third kappa shape index (κ3) is 7.82. The lowest BCUT2D eigenvalue weighted by Gasteiger charge is -2.34. The van der Waals surface area contributed by atoms with Gasteiger partial charge in [0.15, 0.2) is 0 Å². The maximum atomic E-state index is 14.0. The van der Waals surface area contributed by atoms with Crippen molar-refractivity contribution in [3.05, 3.63) is 101 Å². The normalized spacial score (nSPS) is 12.0. The minimum absolute atomic E-state index is 0.0426. The van der Waals surface area contributed by atoms with Crippen LogP contribution in [0, 0.1) is 6.92 Å². The van der Waals surface area contributed by atoms with Crippen molar-refractivity contribution in [1.29, 1.82) is 0 Å². The fourth-order valence-electron chi connectivity index (χ4n) is 4.17. The molecule has 38 heavy (non-hydrogen) atoms. The number of hydrogen-bond acceptors (Lipinski definition) is 4. The molecule has 1 atom stereocenters. The number of carbonyl (C=O) groups excluding carboxylic acids is 2. The van der Waals surface area contributed by atoms with Gasteiger partial charge < -0.3 is 10.2 Å². The molecule has 7 nitrogen and oxygen atoms in total. The number of anilines is 1. The predicted octanol–water partition coefficient (Wildman–Crippen LogP) is 4.58. The first-order valence-electron chi connectivity index (χ1n) is 12.5. The number of sulfonamides is 1. The molecule has 0 aromatic heterocycles. The lowest BCUT2D eigenvalue weighted by atomic mass is 10.0. The summed E-state index contributed by atoms with van der Waals surface area (Å²) in [5, 5.41) is 3.37. The van der Waals surface area contributed by atoms with Gasteiger partial charge in [0.25, 0.3) is 0 Å². The summed E-state index contributed by atoms with van der Waals surface area (Å²) in [5.41, 5.74) is 2.66. The Morgan fingerprint density at radius 2 is 1.58 bits per heavy atom. The predicted molar refractivity (Wildman–Crippen MR) is 153 cm³/mol. The quantitative estimate of drug-likeness (QED) is 0.354. The lowest BCUT2D eigenvalue weighted by Crippen LogP contribution is -2.53. The van der Waals surface area contributed by atoms with Gasteiger partial charge in [0.05, 0.1) is 11.9 Å². The second kappa shape index (κ2) is 13.4. The number of carbonyl (C=O) groups is 2. The van der Waals surface area contributed by atoms with Crippen LogP contribution >= 0.6 is 11.6 Å². The Kier molecular flexibility index (Phi) is 10.3. The van der Waals surface area contributed by atoms with Crippen molar-refractivity contribution < 1.29 is 18.0 Å². The molecule has 0 saturated heterocycles. The van der Waals surface area contributed by atoms with Crippen LogP contribution < -0.4 is 9.62 Å². The SMILES string of the molecule is CCCNC(=O)[C@@H](Cc1ccccc1)N(Cc1ccccc1Cl)C(=O)CN(c1ccccc1C)S(C)(=O)=O. The Balaban J connectivity index is 2.06. The Morgan fingerprint density at radius 3 is 2.21 bits per heavy atom. The Labute approximate surface area is 230 Å². The van der Waals surface area contributed by atoms with Crippen LogP contribution in [0.15, 0.2) is 78.9 Å². The monoisotopic (exact) mass is 555 g/mol. The van der Waals surface area contributed by atoms with E-state index in [1.54, 1.807) is 49.4 Å². The van der Waals surface area contributed by atoms with Crippen LogP contribution in [0.5, 0.6) is 0 Å². The third-order valence-corrected chi connectivity index (χ3v) is 7.68. The summed E-state index contributed by atoms with van der Waals surface area (Å²) < 4.78 is 26.8. The van der Waals surface area contributed by atoms with E-state index in [0.717, 1.165) is 22.5 Å². The lowest BCUT2D eigenvalue weighted by molar-refractivity contribution is -0.140. The number of amides is 2. The van der Waals surface area contributed by atoms with Crippen LogP contribution in [0.3, 0.4) is 0 Å². The zero-order chi connectivity index (χ0) is 27.7. The van der Waals surface area contributed by atoms with Gasteiger partial charge in [-0.2, -0.15) is 0 Å². The molecule has 3 aromatic carbocycles. The summed E-state index contributed by atoms with van der Waals surface area (Å²) in [4.78, 5) is 28.9. The van der Waals surface area contributed by atoms with E-state index < -0.39 is 28.5 Å². The molecule has 0 aliphatic rings. The van der Waals surface area contributed by atoms with E-state index in [9.17, 15) is 18.0 Å². The molecule has 202 valence electrons. The Morgan fingerprint density at radius 1 is 0.947 bits per heavy atom. The largest absolute Gasteiger partial charge is 0.354 e. The molecule has 0 fully saturated rings. The second-order valence-corrected chi connectivity index (χ2v) is 11.5. The van der Waals surface area contributed by atoms with Gasteiger partial charge in [0.2, 0.25) is 21.8 Å². The van der Waals surface area contributed by atoms with Gasteiger partial charge in [0, 0.05) is 24.5 Å². The van der Waals surface area contributed by atoms with Gasteiger partial charge in [-0.1, -0.05) is 85.3 Å². The first-order chi connectivity index (χ1) is 18.1. The van der Waals surface area contributed by atoms with Crippen LogP contribution in [-0.4, -0.2) is 50.5 Å². The molecule has 0 unspecified atom stereocenters. The maximum absolute atomic E-state index is 14.0. The zero-order valence-corrected chi connectivity index (χ0v) is 23.5. The van der Waals surface area contributed by atoms with Crippen molar-refractivity contribution in [2.24, 2.45) is 0 Å². The molecule has 3 rings (SSSR count). The zero-order valence-electron chi connectivity index (χ0n) is 21.9. The highest BCUT2D eigenvalue weighted by Crippen LogP contribution is 2.24. The average Bonchev–Trinajstić information content (AvgIpc) is 2.89. The van der Waals surface area contributed by atoms with Crippen LogP contribution in [0.2, 0.25) is 5.02 Å². The van der Waals surface area contributed by atoms with Crippen molar-refractivity contribution in [3.8, 4) is 0 Å². The average molecular weight is 556 g/mol. The number of benzene rings is 3. The van der Waals surface area contributed by atoms with Crippen molar-refractivity contribution in [1.82, 2.24) is 10.2 Å². The van der Waals surface area contributed by atoms with E-state index in [1.807, 2.05) is 43.3 Å². The molecule has 0 bridgehead atoms. The van der Waals surface area contributed by atoms with Gasteiger partial charge in [-0.05, 0) is 42.2 Å². The van der Waals surface area contributed by atoms with E-state index in [2.05, 4.69) is 5.32 Å². The number of rotatable bonds is 12. The molecule has 0 spiro atoms. The van der Waals surface area contributed by atoms with Gasteiger partial charge in [-0.15, -0.1) is 0 Å². The van der Waals surface area contributed by atoms with E-state index in [4.69, 9.17) is 11.6 Å². The van der Waals surface area contributed by atoms with Gasteiger partial charge in [0.1, 0.15) is 12.6 Å². The van der Waals surface area contributed by atoms with Gasteiger partial charge >= 0.3 is 0 Å². The number of nitrogens with zero attached hydrogens (tertiary/aromatic N) is 2. The fraction of sp³-hybridized carbons (Fsp3) is 0.310. The topological polar surface area (TPSA) is 86.8 Å². The number of hydrogen-bond donors (Lipinski definition) is 1. The Hall–Kier alpha value is -3.36. The van der Waals surface area contributed by atoms with E-state index in [1.165, 1.54) is 4.90 Å². The molecule has 3 aromatic rings. The summed E-state index contributed by atoms with van der Waals surface area (Å²) in [7, 11) is -3.81. The molecule has 0 aliphatic carbocycles. The van der Waals surface area contributed by atoms with Gasteiger partial charge in [-0.25, -0.2) is 8.42 Å². The summed E-state index contributed by atoms with van der Waals surface area (Å²) in [5.74, 6) is -0.816. The molecule has 0 aliphatic heterocycles. The van der Waals surface area contributed by atoms with Crippen molar-refractivity contribution in [2.75, 3.05) is 23.7 Å². The second-order valence-electron chi connectivity index (χ2n) is 9.17. The molecule has 0 radical (unpaired) electrons. The van der Waals surface area contributed by atoms with Gasteiger partial charge in [-0.3, -0.25) is 13.9 Å². The maximum Gasteiger partial charge on any atom is 0.244 e. The van der Waals surface area contributed by atoms with Crippen LogP contribution in [0.1, 0.15) is 30.0 Å². The number of halogens is 1. The molecule has 9 heteroatoms. The van der Waals surface area contributed by atoms with Crippen molar-refractivity contribution in [3.63, 3.8) is 0 Å². The van der Waals surface area contributed by atoms with Crippen LogP contribution in [0.4, 0.5) is 5.69 Å².